The van der Waals surface area contributed by atoms with E-state index in [2.05, 4.69) is 53.1 Å². The van der Waals surface area contributed by atoms with E-state index < -0.39 is 5.91 Å². The van der Waals surface area contributed by atoms with Crippen LogP contribution in [0, 0.1) is 11.3 Å². The van der Waals surface area contributed by atoms with Gasteiger partial charge in [-0.3, -0.25) is 4.79 Å². The highest BCUT2D eigenvalue weighted by molar-refractivity contribution is 9.11. The van der Waals surface area contributed by atoms with Gasteiger partial charge in [0, 0.05) is 25.2 Å². The van der Waals surface area contributed by atoms with Crippen molar-refractivity contribution in [3.63, 3.8) is 0 Å². The number of amides is 1. The zero-order valence-electron chi connectivity index (χ0n) is 15.8. The highest BCUT2D eigenvalue weighted by atomic mass is 79.9. The minimum absolute atomic E-state index is 0.0616. The van der Waals surface area contributed by atoms with Crippen LogP contribution in [-0.4, -0.2) is 5.91 Å². The first-order chi connectivity index (χ1) is 14.9. The number of anilines is 1. The quantitative estimate of drug-likeness (QED) is 0.225. The van der Waals surface area contributed by atoms with E-state index in [1.165, 1.54) is 6.08 Å². The first-order valence-corrected chi connectivity index (χ1v) is 11.7. The molecule has 4 nitrogen and oxygen atoms in total. The third-order valence-electron chi connectivity index (χ3n) is 4.10. The van der Waals surface area contributed by atoms with E-state index in [1.807, 2.05) is 36.4 Å². The molecule has 0 spiro atoms. The average molecular weight is 626 g/mol. The van der Waals surface area contributed by atoms with Gasteiger partial charge in [0.1, 0.15) is 24.0 Å². The van der Waals surface area contributed by atoms with Crippen molar-refractivity contribution in [1.82, 2.24) is 0 Å². The fraction of sp³-hybridized carbons (Fsp3) is 0.0435. The zero-order valence-corrected chi connectivity index (χ0v) is 21.3. The van der Waals surface area contributed by atoms with Crippen LogP contribution in [0.1, 0.15) is 11.1 Å². The van der Waals surface area contributed by atoms with Crippen molar-refractivity contribution >= 4 is 77.1 Å². The van der Waals surface area contributed by atoms with E-state index >= 15 is 0 Å². The molecule has 0 radical (unpaired) electrons. The second kappa shape index (κ2) is 11.0. The van der Waals surface area contributed by atoms with Gasteiger partial charge in [-0.1, -0.05) is 55.6 Å². The molecule has 0 heterocycles. The Labute approximate surface area is 210 Å². The fourth-order valence-electron chi connectivity index (χ4n) is 2.61. The number of nitriles is 1. The molecule has 3 aromatic rings. The molecule has 0 bridgehead atoms. The Morgan fingerprint density at radius 2 is 1.71 bits per heavy atom. The molecule has 31 heavy (non-hydrogen) atoms. The van der Waals surface area contributed by atoms with Crippen LogP contribution in [0.25, 0.3) is 6.08 Å². The summed E-state index contributed by atoms with van der Waals surface area (Å²) in [5, 5.41) is 12.8. The van der Waals surface area contributed by atoms with Crippen molar-refractivity contribution < 1.29 is 9.53 Å². The Morgan fingerprint density at radius 1 is 1.03 bits per heavy atom. The predicted octanol–water partition coefficient (Wildman–Crippen LogP) is 7.75. The summed E-state index contributed by atoms with van der Waals surface area (Å²) in [7, 11) is 0. The number of nitrogens with zero attached hydrogens (tertiary/aromatic N) is 1. The number of carbonyl (C=O) groups is 1. The lowest BCUT2D eigenvalue weighted by Gasteiger charge is -2.13. The number of ether oxygens (including phenoxy) is 1. The summed E-state index contributed by atoms with van der Waals surface area (Å²) in [4.78, 5) is 12.6. The molecule has 0 saturated carbocycles. The highest BCUT2D eigenvalue weighted by Gasteiger charge is 2.14. The molecule has 0 aliphatic rings. The number of hydrogen-bond acceptors (Lipinski definition) is 3. The third-order valence-corrected chi connectivity index (χ3v) is 5.93. The number of halogens is 4. The Bertz CT molecular complexity index is 1170. The average Bonchev–Trinajstić information content (AvgIpc) is 2.74. The van der Waals surface area contributed by atoms with Gasteiger partial charge in [-0.05, 0) is 76.1 Å². The lowest BCUT2D eigenvalue weighted by molar-refractivity contribution is -0.112. The number of rotatable bonds is 6. The third kappa shape index (κ3) is 6.68. The lowest BCUT2D eigenvalue weighted by atomic mass is 10.1. The van der Waals surface area contributed by atoms with E-state index in [0.29, 0.717) is 33.1 Å². The fourth-order valence-corrected chi connectivity index (χ4v) is 4.37. The van der Waals surface area contributed by atoms with E-state index in [9.17, 15) is 10.1 Å². The summed E-state index contributed by atoms with van der Waals surface area (Å²) in [5.41, 5.74) is 2.04. The first kappa shape index (κ1) is 23.6. The van der Waals surface area contributed by atoms with Gasteiger partial charge in [0.05, 0.1) is 4.47 Å². The first-order valence-electron chi connectivity index (χ1n) is 8.90. The molecule has 3 rings (SSSR count). The number of hydrogen-bond donors (Lipinski definition) is 1. The van der Waals surface area contributed by atoms with Gasteiger partial charge in [-0.2, -0.15) is 5.26 Å². The van der Waals surface area contributed by atoms with Crippen molar-refractivity contribution in [3.05, 3.63) is 95.8 Å². The number of carbonyl (C=O) groups excluding carboxylic acids is 1. The second-order valence-corrected chi connectivity index (χ2v) is 9.47. The van der Waals surface area contributed by atoms with Crippen LogP contribution in [0.3, 0.4) is 0 Å². The smallest absolute Gasteiger partial charge is 0.266 e. The summed E-state index contributed by atoms with van der Waals surface area (Å²) in [6.45, 7) is 0.327. The SMILES string of the molecule is N#C/C(=C\c1cc(Br)cc(Br)c1OCc1ccc(Br)cc1)C(=O)Nc1ccc(Cl)cc1. The maximum Gasteiger partial charge on any atom is 0.266 e. The molecule has 1 amide bonds. The molecular formula is C23H14Br3ClN2O2. The molecule has 3 aromatic carbocycles. The van der Waals surface area contributed by atoms with Crippen LogP contribution >= 0.6 is 59.4 Å². The van der Waals surface area contributed by atoms with Gasteiger partial charge < -0.3 is 10.1 Å². The largest absolute Gasteiger partial charge is 0.487 e. The topological polar surface area (TPSA) is 62.1 Å². The molecule has 156 valence electrons. The minimum Gasteiger partial charge on any atom is -0.487 e. The van der Waals surface area contributed by atoms with Crippen molar-refractivity contribution in [3.8, 4) is 11.8 Å². The molecule has 8 heteroatoms. The maximum atomic E-state index is 12.6. The Balaban J connectivity index is 1.87. The summed E-state index contributed by atoms with van der Waals surface area (Å²) >= 11 is 16.2. The van der Waals surface area contributed by atoms with Gasteiger partial charge in [0.25, 0.3) is 5.91 Å². The van der Waals surface area contributed by atoms with E-state index in [0.717, 1.165) is 14.5 Å². The van der Waals surface area contributed by atoms with E-state index in [1.54, 1.807) is 30.3 Å². The summed E-state index contributed by atoms with van der Waals surface area (Å²) in [5.74, 6) is -0.00191. The van der Waals surface area contributed by atoms with E-state index in [4.69, 9.17) is 16.3 Å². The van der Waals surface area contributed by atoms with Crippen molar-refractivity contribution in [2.75, 3.05) is 5.32 Å². The standard InChI is InChI=1S/C23H14Br3ClN2O2/c24-17-3-1-14(2-4-17)13-31-22-15(10-18(25)11-21(22)26)9-16(12-28)23(30)29-20-7-5-19(27)6-8-20/h1-11H,13H2,(H,29,30)/b16-9+. The van der Waals surface area contributed by atoms with E-state index in [-0.39, 0.29) is 5.57 Å². The predicted molar refractivity (Wildman–Crippen MR) is 134 cm³/mol. The van der Waals surface area contributed by atoms with Gasteiger partial charge in [0.15, 0.2) is 0 Å². The molecule has 1 N–H and O–H groups in total. The Kier molecular flexibility index (Phi) is 8.33. The van der Waals surface area contributed by atoms with Gasteiger partial charge in [-0.25, -0.2) is 0 Å². The van der Waals surface area contributed by atoms with Crippen LogP contribution in [0.15, 0.2) is 79.7 Å². The van der Waals surface area contributed by atoms with Crippen LogP contribution in [0.4, 0.5) is 5.69 Å². The van der Waals surface area contributed by atoms with Gasteiger partial charge in [-0.15, -0.1) is 0 Å². The minimum atomic E-state index is -0.528. The van der Waals surface area contributed by atoms with Crippen molar-refractivity contribution in [1.29, 1.82) is 5.26 Å². The summed E-state index contributed by atoms with van der Waals surface area (Å²) in [6.07, 6.45) is 1.50. The van der Waals surface area contributed by atoms with Gasteiger partial charge >= 0.3 is 0 Å². The Morgan fingerprint density at radius 3 is 2.35 bits per heavy atom. The molecule has 0 unspecified atom stereocenters. The van der Waals surface area contributed by atoms with Crippen LogP contribution in [-0.2, 0) is 11.4 Å². The summed E-state index contributed by atoms with van der Waals surface area (Å²) < 4.78 is 8.47. The molecule has 0 aromatic heterocycles. The molecule has 0 aliphatic carbocycles. The highest BCUT2D eigenvalue weighted by Crippen LogP contribution is 2.35. The number of benzene rings is 3. The van der Waals surface area contributed by atoms with Crippen LogP contribution in [0.2, 0.25) is 5.02 Å². The zero-order chi connectivity index (χ0) is 22.4. The van der Waals surface area contributed by atoms with Crippen LogP contribution < -0.4 is 10.1 Å². The lowest BCUT2D eigenvalue weighted by Crippen LogP contribution is -2.13. The maximum absolute atomic E-state index is 12.6. The second-order valence-electron chi connectivity index (χ2n) is 6.35. The summed E-state index contributed by atoms with van der Waals surface area (Å²) in [6, 6.07) is 20.0. The number of nitrogens with one attached hydrogen (secondary N) is 1. The normalized spacial score (nSPS) is 11.0. The molecule has 0 fully saturated rings. The molecule has 0 aliphatic heterocycles. The van der Waals surface area contributed by atoms with Crippen molar-refractivity contribution in [2.24, 2.45) is 0 Å². The van der Waals surface area contributed by atoms with Crippen molar-refractivity contribution in [2.45, 2.75) is 6.61 Å². The molecular weight excluding hydrogens is 611 g/mol. The van der Waals surface area contributed by atoms with Gasteiger partial charge in [0.2, 0.25) is 0 Å². The molecule has 0 atom stereocenters. The monoisotopic (exact) mass is 622 g/mol. The van der Waals surface area contributed by atoms with Crippen LogP contribution in [0.5, 0.6) is 5.75 Å². The Hall–Kier alpha value is -2.11. The molecule has 0 saturated heterocycles.